The van der Waals surface area contributed by atoms with Gasteiger partial charge in [-0.25, -0.2) is 4.98 Å². The van der Waals surface area contributed by atoms with Crippen molar-refractivity contribution >= 4 is 40.3 Å². The van der Waals surface area contributed by atoms with Crippen LogP contribution in [0.4, 0.5) is 0 Å². The van der Waals surface area contributed by atoms with Crippen LogP contribution in [0.2, 0.25) is 5.02 Å². The zero-order chi connectivity index (χ0) is 17.6. The Morgan fingerprint density at radius 3 is 2.72 bits per heavy atom. The summed E-state index contributed by atoms with van der Waals surface area (Å²) in [6.07, 6.45) is 1.24. The first kappa shape index (κ1) is 17.5. The van der Waals surface area contributed by atoms with Crippen LogP contribution in [-0.2, 0) is 11.3 Å². The van der Waals surface area contributed by atoms with E-state index in [0.29, 0.717) is 22.6 Å². The van der Waals surface area contributed by atoms with Gasteiger partial charge >= 0.3 is 0 Å². The third-order valence-corrected chi connectivity index (χ3v) is 4.83. The predicted molar refractivity (Wildman–Crippen MR) is 101 cm³/mol. The topological polar surface area (TPSA) is 64.0 Å². The maximum atomic E-state index is 12.1. The Bertz CT molecular complexity index is 941. The summed E-state index contributed by atoms with van der Waals surface area (Å²) < 4.78 is 1.43. The standard InChI is InChI=1S/C18H16ClN3O2S/c19-13-5-7-14(8-6-13)25-10-9-20-17(23)12-22-16-4-2-1-3-15(16)21-11-18(22)24/h1-8,11H,9-10,12H2,(H,20,23). The van der Waals surface area contributed by atoms with Gasteiger partial charge in [0.15, 0.2) is 0 Å². The Labute approximate surface area is 154 Å². The minimum Gasteiger partial charge on any atom is -0.354 e. The summed E-state index contributed by atoms with van der Waals surface area (Å²) in [6, 6.07) is 14.8. The van der Waals surface area contributed by atoms with Gasteiger partial charge in [-0.1, -0.05) is 23.7 Å². The van der Waals surface area contributed by atoms with Crippen molar-refractivity contribution in [1.29, 1.82) is 0 Å². The van der Waals surface area contributed by atoms with Crippen molar-refractivity contribution in [1.82, 2.24) is 14.9 Å². The maximum absolute atomic E-state index is 12.1. The number of thioether (sulfide) groups is 1. The molecule has 1 aromatic heterocycles. The Morgan fingerprint density at radius 2 is 1.92 bits per heavy atom. The fourth-order valence-corrected chi connectivity index (χ4v) is 3.26. The van der Waals surface area contributed by atoms with Crippen LogP contribution >= 0.6 is 23.4 Å². The van der Waals surface area contributed by atoms with Crippen molar-refractivity contribution in [3.05, 3.63) is 70.1 Å². The Morgan fingerprint density at radius 1 is 1.16 bits per heavy atom. The lowest BCUT2D eigenvalue weighted by atomic mass is 10.3. The molecule has 128 valence electrons. The lowest BCUT2D eigenvalue weighted by Crippen LogP contribution is -2.33. The summed E-state index contributed by atoms with van der Waals surface area (Å²) in [5.74, 6) is 0.537. The van der Waals surface area contributed by atoms with Crippen LogP contribution in [-0.4, -0.2) is 27.8 Å². The number of fused-ring (bicyclic) bond motifs is 1. The first-order valence-corrected chi connectivity index (χ1v) is 9.09. The van der Waals surface area contributed by atoms with E-state index in [-0.39, 0.29) is 18.0 Å². The van der Waals surface area contributed by atoms with Crippen LogP contribution in [0.25, 0.3) is 11.0 Å². The van der Waals surface area contributed by atoms with Crippen molar-refractivity contribution in [2.75, 3.05) is 12.3 Å². The SMILES string of the molecule is O=C(Cn1c(=O)cnc2ccccc21)NCCSc1ccc(Cl)cc1. The molecule has 3 aromatic rings. The monoisotopic (exact) mass is 373 g/mol. The number of carbonyl (C=O) groups is 1. The number of hydrogen-bond acceptors (Lipinski definition) is 4. The molecule has 0 spiro atoms. The lowest BCUT2D eigenvalue weighted by molar-refractivity contribution is -0.121. The molecule has 0 bridgehead atoms. The highest BCUT2D eigenvalue weighted by Crippen LogP contribution is 2.19. The van der Waals surface area contributed by atoms with Gasteiger partial charge in [-0.3, -0.25) is 14.2 Å². The average molecular weight is 374 g/mol. The number of carbonyl (C=O) groups excluding carboxylic acids is 1. The number of nitrogens with one attached hydrogen (secondary N) is 1. The number of hydrogen-bond donors (Lipinski definition) is 1. The van der Waals surface area contributed by atoms with Crippen molar-refractivity contribution in [3.8, 4) is 0 Å². The van der Waals surface area contributed by atoms with E-state index in [0.717, 1.165) is 10.6 Å². The minimum atomic E-state index is -0.288. The smallest absolute Gasteiger partial charge is 0.269 e. The number of para-hydroxylation sites is 2. The normalized spacial score (nSPS) is 10.8. The molecule has 0 aliphatic rings. The molecule has 0 aliphatic heterocycles. The molecule has 1 N–H and O–H groups in total. The van der Waals surface area contributed by atoms with E-state index in [1.165, 1.54) is 10.8 Å². The van der Waals surface area contributed by atoms with Crippen molar-refractivity contribution in [2.24, 2.45) is 0 Å². The van der Waals surface area contributed by atoms with Gasteiger partial charge in [-0.2, -0.15) is 0 Å². The lowest BCUT2D eigenvalue weighted by Gasteiger charge is -2.10. The van der Waals surface area contributed by atoms with Crippen LogP contribution < -0.4 is 10.9 Å². The Hall–Kier alpha value is -2.31. The van der Waals surface area contributed by atoms with E-state index < -0.39 is 0 Å². The van der Waals surface area contributed by atoms with Gasteiger partial charge < -0.3 is 5.32 Å². The highest BCUT2D eigenvalue weighted by Gasteiger charge is 2.08. The summed E-state index contributed by atoms with van der Waals surface area (Å²) in [5, 5.41) is 3.54. The molecule has 0 aliphatic carbocycles. The molecule has 1 heterocycles. The number of rotatable bonds is 6. The third kappa shape index (κ3) is 4.61. The van der Waals surface area contributed by atoms with Gasteiger partial charge in [0.1, 0.15) is 6.54 Å². The van der Waals surface area contributed by atoms with Gasteiger partial charge in [0, 0.05) is 22.2 Å². The molecule has 0 unspecified atom stereocenters. The van der Waals surface area contributed by atoms with E-state index >= 15 is 0 Å². The summed E-state index contributed by atoms with van der Waals surface area (Å²) in [5.41, 5.74) is 1.05. The molecule has 0 saturated carbocycles. The van der Waals surface area contributed by atoms with E-state index in [1.807, 2.05) is 42.5 Å². The minimum absolute atomic E-state index is 0.0204. The molecule has 0 saturated heterocycles. The van der Waals surface area contributed by atoms with Crippen LogP contribution in [0, 0.1) is 0 Å². The van der Waals surface area contributed by atoms with Crippen LogP contribution in [0.1, 0.15) is 0 Å². The number of aromatic nitrogens is 2. The van der Waals surface area contributed by atoms with Crippen LogP contribution in [0.15, 0.2) is 64.4 Å². The van der Waals surface area contributed by atoms with Crippen LogP contribution in [0.3, 0.4) is 0 Å². The van der Waals surface area contributed by atoms with Gasteiger partial charge in [0.05, 0.1) is 17.2 Å². The van der Waals surface area contributed by atoms with Gasteiger partial charge in [0.25, 0.3) is 5.56 Å². The number of halogens is 1. The molecule has 0 radical (unpaired) electrons. The van der Waals surface area contributed by atoms with E-state index in [9.17, 15) is 9.59 Å². The zero-order valence-corrected chi connectivity index (χ0v) is 14.9. The second-order valence-electron chi connectivity index (χ2n) is 5.32. The van der Waals surface area contributed by atoms with Crippen LogP contribution in [0.5, 0.6) is 0 Å². The first-order chi connectivity index (χ1) is 12.1. The molecule has 1 amide bonds. The molecule has 0 fully saturated rings. The highest BCUT2D eigenvalue weighted by molar-refractivity contribution is 7.99. The summed E-state index contributed by atoms with van der Waals surface area (Å²) in [7, 11) is 0. The Kier molecular flexibility index (Phi) is 5.73. The van der Waals surface area contributed by atoms with Gasteiger partial charge in [-0.15, -0.1) is 11.8 Å². The van der Waals surface area contributed by atoms with E-state index in [2.05, 4.69) is 10.3 Å². The van der Waals surface area contributed by atoms with Gasteiger partial charge in [-0.05, 0) is 36.4 Å². The number of benzene rings is 2. The molecule has 25 heavy (non-hydrogen) atoms. The molecule has 5 nitrogen and oxygen atoms in total. The summed E-state index contributed by atoms with van der Waals surface area (Å²) in [6.45, 7) is 0.497. The molecule has 7 heteroatoms. The Balaban J connectivity index is 1.55. The quantitative estimate of drug-likeness (QED) is 0.533. The van der Waals surface area contributed by atoms with E-state index in [4.69, 9.17) is 11.6 Å². The zero-order valence-electron chi connectivity index (χ0n) is 13.3. The predicted octanol–water partition coefficient (Wildman–Crippen LogP) is 2.96. The summed E-state index contributed by atoms with van der Waals surface area (Å²) in [4.78, 5) is 29.3. The summed E-state index contributed by atoms with van der Waals surface area (Å²) >= 11 is 7.48. The van der Waals surface area contributed by atoms with Gasteiger partial charge in [0.2, 0.25) is 5.91 Å². The number of amides is 1. The molecule has 3 rings (SSSR count). The highest BCUT2D eigenvalue weighted by atomic mass is 35.5. The van der Waals surface area contributed by atoms with E-state index in [1.54, 1.807) is 17.8 Å². The fourth-order valence-electron chi connectivity index (χ4n) is 2.37. The molecular weight excluding hydrogens is 358 g/mol. The third-order valence-electron chi connectivity index (χ3n) is 3.56. The van der Waals surface area contributed by atoms with Crippen molar-refractivity contribution in [2.45, 2.75) is 11.4 Å². The van der Waals surface area contributed by atoms with Crippen molar-refractivity contribution < 1.29 is 4.79 Å². The second kappa shape index (κ2) is 8.18. The fraction of sp³-hybridized carbons (Fsp3) is 0.167. The number of nitrogens with zero attached hydrogens (tertiary/aromatic N) is 2. The second-order valence-corrected chi connectivity index (χ2v) is 6.93. The largest absolute Gasteiger partial charge is 0.354 e. The molecule has 0 atom stereocenters. The first-order valence-electron chi connectivity index (χ1n) is 7.73. The maximum Gasteiger partial charge on any atom is 0.269 e. The molecular formula is C18H16ClN3O2S. The van der Waals surface area contributed by atoms with Crippen molar-refractivity contribution in [3.63, 3.8) is 0 Å². The average Bonchev–Trinajstić information content (AvgIpc) is 2.63. The molecule has 2 aromatic carbocycles.